The molecular formula is C12H18N2O3S. The third-order valence-corrected chi connectivity index (χ3v) is 3.49. The van der Waals surface area contributed by atoms with Crippen molar-refractivity contribution >= 4 is 23.2 Å². The molecule has 100 valence electrons. The minimum atomic E-state index is -0.407. The van der Waals surface area contributed by atoms with Crippen LogP contribution in [0, 0.1) is 13.8 Å². The topological polar surface area (TPSA) is 59.5 Å². The summed E-state index contributed by atoms with van der Waals surface area (Å²) in [6, 6.07) is 0. The van der Waals surface area contributed by atoms with Crippen molar-refractivity contribution in [2.75, 3.05) is 20.2 Å². The number of carbonyl (C=O) groups is 2. The first-order valence-electron chi connectivity index (χ1n) is 5.79. The Hall–Kier alpha value is -1.43. The number of rotatable bonds is 5. The lowest BCUT2D eigenvalue weighted by Gasteiger charge is -2.20. The second kappa shape index (κ2) is 6.49. The van der Waals surface area contributed by atoms with E-state index in [0.717, 1.165) is 11.4 Å². The van der Waals surface area contributed by atoms with Crippen LogP contribution in [0.2, 0.25) is 0 Å². The van der Waals surface area contributed by atoms with Gasteiger partial charge in [-0.15, -0.1) is 11.3 Å². The summed E-state index contributed by atoms with van der Waals surface area (Å²) in [6.07, 6.45) is 0.791. The van der Waals surface area contributed by atoms with Crippen LogP contribution in [0.15, 0.2) is 0 Å². The molecular weight excluding hydrogens is 252 g/mol. The minimum absolute atomic E-state index is 0.0143. The number of hydrogen-bond donors (Lipinski definition) is 0. The van der Waals surface area contributed by atoms with Crippen LogP contribution >= 0.6 is 11.3 Å². The number of thiazole rings is 1. The van der Waals surface area contributed by atoms with Gasteiger partial charge in [0.2, 0.25) is 0 Å². The van der Waals surface area contributed by atoms with Crippen molar-refractivity contribution in [3.63, 3.8) is 0 Å². The van der Waals surface area contributed by atoms with Gasteiger partial charge in [-0.3, -0.25) is 9.59 Å². The molecule has 0 atom stereocenters. The largest absolute Gasteiger partial charge is 0.468 e. The highest BCUT2D eigenvalue weighted by Gasteiger charge is 2.22. The zero-order valence-electron chi connectivity index (χ0n) is 11.1. The summed E-state index contributed by atoms with van der Waals surface area (Å²) in [4.78, 5) is 29.9. The Balaban J connectivity index is 2.88. The number of esters is 1. The molecule has 6 heteroatoms. The molecule has 0 bridgehead atoms. The van der Waals surface area contributed by atoms with E-state index in [1.807, 2.05) is 13.8 Å². The van der Waals surface area contributed by atoms with E-state index >= 15 is 0 Å². The summed E-state index contributed by atoms with van der Waals surface area (Å²) < 4.78 is 4.60. The smallest absolute Gasteiger partial charge is 0.325 e. The van der Waals surface area contributed by atoms with E-state index in [9.17, 15) is 9.59 Å². The Morgan fingerprint density at radius 2 is 2.06 bits per heavy atom. The molecule has 0 spiro atoms. The fourth-order valence-electron chi connectivity index (χ4n) is 1.62. The average molecular weight is 270 g/mol. The molecule has 5 nitrogen and oxygen atoms in total. The van der Waals surface area contributed by atoms with Gasteiger partial charge in [0.25, 0.3) is 5.91 Å². The van der Waals surface area contributed by atoms with Crippen LogP contribution in [0.5, 0.6) is 0 Å². The number of hydrogen-bond acceptors (Lipinski definition) is 5. The summed E-state index contributed by atoms with van der Waals surface area (Å²) in [5.74, 6) is -0.555. The van der Waals surface area contributed by atoms with Crippen LogP contribution < -0.4 is 0 Å². The number of aryl methyl sites for hydroxylation is 2. The molecule has 0 saturated carbocycles. The standard InChI is InChI=1S/C12H18N2O3S/c1-5-6-14(7-10(15)17-4)12(16)11-8(2)13-9(3)18-11/h5-7H2,1-4H3. The lowest BCUT2D eigenvalue weighted by molar-refractivity contribution is -0.141. The quantitative estimate of drug-likeness (QED) is 0.765. The summed E-state index contributed by atoms with van der Waals surface area (Å²) in [5, 5.41) is 0.852. The van der Waals surface area contributed by atoms with Crippen molar-refractivity contribution in [3.8, 4) is 0 Å². The molecule has 1 rings (SSSR count). The second-order valence-electron chi connectivity index (χ2n) is 3.95. The van der Waals surface area contributed by atoms with E-state index in [1.54, 1.807) is 6.92 Å². The first-order valence-corrected chi connectivity index (χ1v) is 6.61. The number of aromatic nitrogens is 1. The van der Waals surface area contributed by atoms with Gasteiger partial charge in [0.1, 0.15) is 11.4 Å². The zero-order chi connectivity index (χ0) is 13.7. The number of carbonyl (C=O) groups excluding carboxylic acids is 2. The molecule has 0 fully saturated rings. The van der Waals surface area contributed by atoms with E-state index in [1.165, 1.54) is 23.3 Å². The first kappa shape index (κ1) is 14.6. The molecule has 1 aromatic heterocycles. The molecule has 0 aromatic carbocycles. The Bertz CT molecular complexity index is 443. The molecule has 18 heavy (non-hydrogen) atoms. The third kappa shape index (κ3) is 3.53. The van der Waals surface area contributed by atoms with Crippen molar-refractivity contribution in [2.24, 2.45) is 0 Å². The zero-order valence-corrected chi connectivity index (χ0v) is 12.0. The van der Waals surface area contributed by atoms with Crippen LogP contribution in [0.3, 0.4) is 0 Å². The highest BCUT2D eigenvalue weighted by molar-refractivity contribution is 7.13. The molecule has 0 aliphatic rings. The van der Waals surface area contributed by atoms with Gasteiger partial charge in [-0.05, 0) is 20.3 Å². The number of nitrogens with zero attached hydrogens (tertiary/aromatic N) is 2. The van der Waals surface area contributed by atoms with Gasteiger partial charge in [-0.25, -0.2) is 4.98 Å². The Morgan fingerprint density at radius 1 is 1.39 bits per heavy atom. The van der Waals surface area contributed by atoms with E-state index in [0.29, 0.717) is 17.1 Å². The normalized spacial score (nSPS) is 10.2. The monoisotopic (exact) mass is 270 g/mol. The summed E-state index contributed by atoms with van der Waals surface area (Å²) in [6.45, 7) is 6.14. The van der Waals surface area contributed by atoms with Crippen molar-refractivity contribution in [3.05, 3.63) is 15.6 Å². The van der Waals surface area contributed by atoms with Crippen molar-refractivity contribution < 1.29 is 14.3 Å². The predicted molar refractivity (Wildman–Crippen MR) is 69.8 cm³/mol. The third-order valence-electron chi connectivity index (χ3n) is 2.43. The van der Waals surface area contributed by atoms with E-state index < -0.39 is 5.97 Å². The van der Waals surface area contributed by atoms with Gasteiger partial charge in [0.05, 0.1) is 17.8 Å². The van der Waals surface area contributed by atoms with Gasteiger partial charge in [-0.1, -0.05) is 6.92 Å². The lowest BCUT2D eigenvalue weighted by atomic mass is 10.3. The fourth-order valence-corrected chi connectivity index (χ4v) is 2.50. The van der Waals surface area contributed by atoms with E-state index in [2.05, 4.69) is 9.72 Å². The Kier molecular flexibility index (Phi) is 5.27. The molecule has 0 saturated heterocycles. The summed E-state index contributed by atoms with van der Waals surface area (Å²) in [5.41, 5.74) is 0.716. The molecule has 0 aliphatic carbocycles. The van der Waals surface area contributed by atoms with Gasteiger partial charge in [0.15, 0.2) is 0 Å². The molecule has 1 aromatic rings. The van der Waals surface area contributed by atoms with Crippen LogP contribution in [0.1, 0.15) is 33.7 Å². The number of methoxy groups -OCH3 is 1. The van der Waals surface area contributed by atoms with Crippen LogP contribution in [0.25, 0.3) is 0 Å². The minimum Gasteiger partial charge on any atom is -0.468 e. The van der Waals surface area contributed by atoms with Crippen molar-refractivity contribution in [1.82, 2.24) is 9.88 Å². The maximum absolute atomic E-state index is 12.3. The molecule has 0 unspecified atom stereocenters. The van der Waals surface area contributed by atoms with Crippen molar-refractivity contribution in [1.29, 1.82) is 0 Å². The molecule has 0 N–H and O–H groups in total. The van der Waals surface area contributed by atoms with Crippen molar-refractivity contribution in [2.45, 2.75) is 27.2 Å². The lowest BCUT2D eigenvalue weighted by Crippen LogP contribution is -2.36. The fraction of sp³-hybridized carbons (Fsp3) is 0.583. The summed E-state index contributed by atoms with van der Waals surface area (Å²) in [7, 11) is 1.32. The molecule has 1 amide bonds. The van der Waals surface area contributed by atoms with Crippen LogP contribution in [0.4, 0.5) is 0 Å². The second-order valence-corrected chi connectivity index (χ2v) is 5.15. The van der Waals surface area contributed by atoms with E-state index in [-0.39, 0.29) is 12.5 Å². The molecule has 0 aliphatic heterocycles. The number of amides is 1. The van der Waals surface area contributed by atoms with Gasteiger partial charge >= 0.3 is 5.97 Å². The molecule has 1 heterocycles. The van der Waals surface area contributed by atoms with Crippen LogP contribution in [-0.4, -0.2) is 42.0 Å². The highest BCUT2D eigenvalue weighted by Crippen LogP contribution is 2.19. The maximum atomic E-state index is 12.3. The SMILES string of the molecule is CCCN(CC(=O)OC)C(=O)c1sc(C)nc1C. The maximum Gasteiger partial charge on any atom is 0.325 e. The average Bonchev–Trinajstić information content (AvgIpc) is 2.66. The predicted octanol–water partition coefficient (Wildman–Crippen LogP) is 1.79. The van der Waals surface area contributed by atoms with E-state index in [4.69, 9.17) is 0 Å². The van der Waals surface area contributed by atoms with Gasteiger partial charge < -0.3 is 9.64 Å². The highest BCUT2D eigenvalue weighted by atomic mass is 32.1. The van der Waals surface area contributed by atoms with Gasteiger partial charge in [0, 0.05) is 6.54 Å². The van der Waals surface area contributed by atoms with Gasteiger partial charge in [-0.2, -0.15) is 0 Å². The summed E-state index contributed by atoms with van der Waals surface area (Å²) >= 11 is 1.36. The Labute approximate surface area is 111 Å². The first-order chi connectivity index (χ1) is 8.49. The number of ether oxygens (including phenoxy) is 1. The van der Waals surface area contributed by atoms with Crippen LogP contribution in [-0.2, 0) is 9.53 Å². The Morgan fingerprint density at radius 3 is 2.50 bits per heavy atom. The molecule has 0 radical (unpaired) electrons.